The largest absolute Gasteiger partial charge is 0.323 e. The van der Waals surface area contributed by atoms with Crippen molar-refractivity contribution in [3.8, 4) is 0 Å². The van der Waals surface area contributed by atoms with Crippen LogP contribution in [0.1, 0.15) is 33.1 Å². The van der Waals surface area contributed by atoms with Gasteiger partial charge in [-0.1, -0.05) is 103 Å². The highest BCUT2D eigenvalue weighted by Gasteiger charge is 2.27. The molecule has 1 amide bonds. The Morgan fingerprint density at radius 3 is 1.63 bits per heavy atom. The lowest BCUT2D eigenvalue weighted by atomic mass is 9.95. The van der Waals surface area contributed by atoms with Gasteiger partial charge >= 0.3 is 0 Å². The van der Waals surface area contributed by atoms with E-state index in [1.165, 1.54) is 0 Å². The zero-order valence-electron chi connectivity index (χ0n) is 16.5. The van der Waals surface area contributed by atoms with E-state index < -0.39 is 0 Å². The number of hydrogen-bond donors (Lipinski definition) is 0. The molecule has 4 aromatic carbocycles. The highest BCUT2D eigenvalue weighted by Crippen LogP contribution is 2.31. The third kappa shape index (κ3) is 4.61. The number of carbonyl (C=O) groups is 1. The summed E-state index contributed by atoms with van der Waals surface area (Å²) in [7, 11) is 0. The van der Waals surface area contributed by atoms with Crippen LogP contribution in [0.2, 0.25) is 5.02 Å². The topological polar surface area (TPSA) is 20.3 Å². The molecule has 30 heavy (non-hydrogen) atoms. The molecule has 0 aliphatic heterocycles. The number of rotatable bonds is 6. The third-order valence-electron chi connectivity index (χ3n) is 5.09. The van der Waals surface area contributed by atoms with Crippen molar-refractivity contribution in [2.24, 2.45) is 0 Å². The zero-order chi connectivity index (χ0) is 20.8. The van der Waals surface area contributed by atoms with E-state index in [0.29, 0.717) is 17.1 Å². The number of amides is 1. The average molecular weight is 412 g/mol. The van der Waals surface area contributed by atoms with Gasteiger partial charge in [0, 0.05) is 17.1 Å². The minimum atomic E-state index is -0.212. The Morgan fingerprint density at radius 2 is 1.13 bits per heavy atom. The Labute approximate surface area is 182 Å². The van der Waals surface area contributed by atoms with E-state index in [1.54, 1.807) is 0 Å². The fourth-order valence-electron chi connectivity index (χ4n) is 3.64. The fourth-order valence-corrected chi connectivity index (χ4v) is 3.76. The Balaban J connectivity index is 1.82. The van der Waals surface area contributed by atoms with Crippen molar-refractivity contribution in [3.63, 3.8) is 0 Å². The highest BCUT2D eigenvalue weighted by atomic mass is 35.5. The van der Waals surface area contributed by atoms with Crippen molar-refractivity contribution >= 4 is 17.5 Å². The molecule has 0 aromatic heterocycles. The lowest BCUT2D eigenvalue weighted by Crippen LogP contribution is -2.35. The van der Waals surface area contributed by atoms with Crippen LogP contribution < -0.4 is 0 Å². The minimum absolute atomic E-state index is 0.0109. The van der Waals surface area contributed by atoms with E-state index in [0.717, 1.165) is 16.7 Å². The van der Waals surface area contributed by atoms with Gasteiger partial charge in [0.2, 0.25) is 0 Å². The number of hydrogen-bond acceptors (Lipinski definition) is 1. The first-order chi connectivity index (χ1) is 14.7. The van der Waals surface area contributed by atoms with Gasteiger partial charge in [0.1, 0.15) is 0 Å². The van der Waals surface area contributed by atoms with Gasteiger partial charge in [-0.2, -0.15) is 0 Å². The maximum absolute atomic E-state index is 13.7. The quantitative estimate of drug-likeness (QED) is 0.342. The summed E-state index contributed by atoms with van der Waals surface area (Å²) in [5.74, 6) is -0.0109. The SMILES string of the molecule is O=C(c1ccccc1)N(Cc1ccc(Cl)cc1)C(c1ccccc1)c1ccccc1. The number of carbonyl (C=O) groups excluding carboxylic acids is 1. The van der Waals surface area contributed by atoms with Gasteiger partial charge in [0.05, 0.1) is 6.04 Å². The summed E-state index contributed by atoms with van der Waals surface area (Å²) in [6.45, 7) is 0.472. The van der Waals surface area contributed by atoms with Gasteiger partial charge in [-0.25, -0.2) is 0 Å². The molecule has 0 bridgehead atoms. The molecule has 4 aromatic rings. The summed E-state index contributed by atoms with van der Waals surface area (Å²) in [6.07, 6.45) is 0. The van der Waals surface area contributed by atoms with E-state index in [-0.39, 0.29) is 11.9 Å². The molecule has 0 aliphatic carbocycles. The summed E-state index contributed by atoms with van der Waals surface area (Å²) < 4.78 is 0. The second-order valence-corrected chi connectivity index (χ2v) is 7.59. The van der Waals surface area contributed by atoms with Crippen LogP contribution in [0, 0.1) is 0 Å². The molecule has 2 nitrogen and oxygen atoms in total. The first kappa shape index (κ1) is 19.9. The smallest absolute Gasteiger partial charge is 0.254 e. The summed E-state index contributed by atoms with van der Waals surface area (Å²) in [5.41, 5.74) is 3.84. The maximum atomic E-state index is 13.7. The Kier molecular flexibility index (Phi) is 6.26. The van der Waals surface area contributed by atoms with Crippen molar-refractivity contribution in [2.45, 2.75) is 12.6 Å². The normalized spacial score (nSPS) is 10.7. The molecular formula is C27H22ClNO. The van der Waals surface area contributed by atoms with Crippen molar-refractivity contribution in [1.29, 1.82) is 0 Å². The lowest BCUT2D eigenvalue weighted by molar-refractivity contribution is 0.0690. The molecule has 0 heterocycles. The maximum Gasteiger partial charge on any atom is 0.254 e. The first-order valence-electron chi connectivity index (χ1n) is 9.93. The van der Waals surface area contributed by atoms with Crippen LogP contribution in [0.4, 0.5) is 0 Å². The Morgan fingerprint density at radius 1 is 0.667 bits per heavy atom. The van der Waals surface area contributed by atoms with Crippen molar-refractivity contribution in [3.05, 3.63) is 143 Å². The first-order valence-corrected chi connectivity index (χ1v) is 10.3. The Bertz CT molecular complexity index is 1040. The summed E-state index contributed by atoms with van der Waals surface area (Å²) >= 11 is 6.08. The van der Waals surface area contributed by atoms with Crippen molar-refractivity contribution in [2.75, 3.05) is 0 Å². The predicted octanol–water partition coefficient (Wildman–Crippen LogP) is 6.77. The van der Waals surface area contributed by atoms with Gasteiger partial charge in [0.15, 0.2) is 0 Å². The molecule has 0 N–H and O–H groups in total. The van der Waals surface area contributed by atoms with Crippen LogP contribution in [-0.4, -0.2) is 10.8 Å². The summed E-state index contributed by atoms with van der Waals surface area (Å²) in [5, 5.41) is 0.683. The fraction of sp³-hybridized carbons (Fsp3) is 0.0741. The van der Waals surface area contributed by atoms with Crippen LogP contribution in [0.3, 0.4) is 0 Å². The molecule has 0 fully saturated rings. The third-order valence-corrected chi connectivity index (χ3v) is 5.34. The van der Waals surface area contributed by atoms with Gasteiger partial charge in [-0.05, 0) is 41.0 Å². The molecule has 0 atom stereocenters. The molecular weight excluding hydrogens is 390 g/mol. The van der Waals surface area contributed by atoms with Crippen molar-refractivity contribution < 1.29 is 4.79 Å². The van der Waals surface area contributed by atoms with Crippen LogP contribution in [-0.2, 0) is 6.54 Å². The lowest BCUT2D eigenvalue weighted by Gasteiger charge is -2.33. The van der Waals surface area contributed by atoms with Gasteiger partial charge in [0.25, 0.3) is 5.91 Å². The summed E-state index contributed by atoms with van der Waals surface area (Å²) in [6, 6.07) is 37.2. The monoisotopic (exact) mass is 411 g/mol. The van der Waals surface area contributed by atoms with E-state index in [4.69, 9.17) is 11.6 Å². The summed E-state index contributed by atoms with van der Waals surface area (Å²) in [4.78, 5) is 15.6. The Hall–Kier alpha value is -3.36. The molecule has 0 spiro atoms. The van der Waals surface area contributed by atoms with Crippen LogP contribution in [0.25, 0.3) is 0 Å². The molecule has 0 radical (unpaired) electrons. The van der Waals surface area contributed by atoms with Gasteiger partial charge in [-0.15, -0.1) is 0 Å². The predicted molar refractivity (Wildman–Crippen MR) is 122 cm³/mol. The van der Waals surface area contributed by atoms with Crippen LogP contribution in [0.15, 0.2) is 115 Å². The number of benzene rings is 4. The standard InChI is InChI=1S/C27H22ClNO/c28-25-18-16-21(17-19-25)20-29(27(30)24-14-8-3-9-15-24)26(22-10-4-1-5-11-22)23-12-6-2-7-13-23/h1-19,26H,20H2. The van der Waals surface area contributed by atoms with Crippen LogP contribution >= 0.6 is 11.6 Å². The van der Waals surface area contributed by atoms with Crippen LogP contribution in [0.5, 0.6) is 0 Å². The second-order valence-electron chi connectivity index (χ2n) is 7.15. The molecule has 0 aliphatic rings. The van der Waals surface area contributed by atoms with Gasteiger partial charge < -0.3 is 4.90 Å². The van der Waals surface area contributed by atoms with E-state index >= 15 is 0 Å². The zero-order valence-corrected chi connectivity index (χ0v) is 17.2. The van der Waals surface area contributed by atoms with E-state index in [1.807, 2.05) is 95.9 Å². The highest BCUT2D eigenvalue weighted by molar-refractivity contribution is 6.30. The average Bonchev–Trinajstić information content (AvgIpc) is 2.81. The van der Waals surface area contributed by atoms with E-state index in [9.17, 15) is 4.79 Å². The molecule has 4 rings (SSSR count). The number of halogens is 1. The second kappa shape index (κ2) is 9.43. The molecule has 148 valence electrons. The minimum Gasteiger partial charge on any atom is -0.323 e. The van der Waals surface area contributed by atoms with Gasteiger partial charge in [-0.3, -0.25) is 4.79 Å². The number of nitrogens with zero attached hydrogens (tertiary/aromatic N) is 1. The molecule has 0 saturated heterocycles. The van der Waals surface area contributed by atoms with Crippen molar-refractivity contribution in [1.82, 2.24) is 4.90 Å². The van der Waals surface area contributed by atoms with E-state index in [2.05, 4.69) is 24.3 Å². The molecule has 3 heteroatoms. The molecule has 0 unspecified atom stereocenters. The molecule has 0 saturated carbocycles.